The van der Waals surface area contributed by atoms with Crippen molar-refractivity contribution in [1.29, 1.82) is 0 Å². The molecule has 1 aliphatic heterocycles. The van der Waals surface area contributed by atoms with E-state index in [4.69, 9.17) is 4.74 Å². The molecule has 0 aromatic carbocycles. The fourth-order valence-corrected chi connectivity index (χ4v) is 3.00. The number of methoxy groups -OCH3 is 1. The van der Waals surface area contributed by atoms with E-state index in [1.807, 2.05) is 4.57 Å². The molecule has 1 fully saturated rings. The van der Waals surface area contributed by atoms with E-state index in [0.717, 1.165) is 25.9 Å². The largest absolute Gasteiger partial charge is 0.503 e. The molecule has 0 saturated carbocycles. The van der Waals surface area contributed by atoms with E-state index >= 15 is 0 Å². The topological polar surface area (TPSA) is 74.9 Å². The van der Waals surface area contributed by atoms with Gasteiger partial charge in [0.1, 0.15) is 0 Å². The van der Waals surface area contributed by atoms with Gasteiger partial charge in [0.05, 0.1) is 18.9 Å². The summed E-state index contributed by atoms with van der Waals surface area (Å²) < 4.78 is 6.92. The molecule has 1 aromatic heterocycles. The maximum atomic E-state index is 11.9. The normalized spacial score (nSPS) is 16.6. The summed E-state index contributed by atoms with van der Waals surface area (Å²) >= 11 is 0. The van der Waals surface area contributed by atoms with Gasteiger partial charge >= 0.3 is 0 Å². The van der Waals surface area contributed by atoms with Crippen LogP contribution in [0.1, 0.15) is 37.1 Å². The second kappa shape index (κ2) is 8.31. The van der Waals surface area contributed by atoms with E-state index in [9.17, 15) is 15.0 Å². The minimum atomic E-state index is -0.428. The van der Waals surface area contributed by atoms with Crippen molar-refractivity contribution in [1.82, 2.24) is 9.47 Å². The first kappa shape index (κ1) is 17.0. The summed E-state index contributed by atoms with van der Waals surface area (Å²) in [7, 11) is 1.61. The number of aliphatic hydroxyl groups is 1. The highest BCUT2D eigenvalue weighted by Gasteiger charge is 2.18. The lowest BCUT2D eigenvalue weighted by molar-refractivity contribution is 0.177. The number of hydrogen-bond donors (Lipinski definition) is 2. The number of likely N-dealkylation sites (tertiary alicyclic amines) is 1. The van der Waals surface area contributed by atoms with Crippen molar-refractivity contribution in [3.8, 4) is 5.75 Å². The Morgan fingerprint density at radius 3 is 2.50 bits per heavy atom. The van der Waals surface area contributed by atoms with Crippen LogP contribution in [0.25, 0.3) is 0 Å². The highest BCUT2D eigenvalue weighted by atomic mass is 16.5. The van der Waals surface area contributed by atoms with Crippen LogP contribution in [0.3, 0.4) is 0 Å². The molecule has 1 aliphatic rings. The second-order valence-electron chi connectivity index (χ2n) is 5.79. The zero-order valence-corrected chi connectivity index (χ0v) is 13.3. The molecule has 6 nitrogen and oxygen atoms in total. The number of nitrogens with zero attached hydrogens (tertiary/aromatic N) is 2. The average molecular weight is 310 g/mol. The predicted molar refractivity (Wildman–Crippen MR) is 83.9 cm³/mol. The first-order valence-corrected chi connectivity index (χ1v) is 7.94. The van der Waals surface area contributed by atoms with Gasteiger partial charge in [0.2, 0.25) is 5.43 Å². The molecule has 0 bridgehead atoms. The first-order chi connectivity index (χ1) is 10.7. The maximum absolute atomic E-state index is 11.9. The number of ether oxygens (including phenoxy) is 1. The average Bonchev–Trinajstić information content (AvgIpc) is 2.79. The van der Waals surface area contributed by atoms with Gasteiger partial charge in [-0.3, -0.25) is 9.69 Å². The molecule has 0 unspecified atom stereocenters. The Kier molecular flexibility index (Phi) is 6.42. The molecular formula is C16H26N2O4. The number of aromatic hydroxyl groups is 1. The highest BCUT2D eigenvalue weighted by Crippen LogP contribution is 2.20. The fourth-order valence-electron chi connectivity index (χ4n) is 3.00. The summed E-state index contributed by atoms with van der Waals surface area (Å²) in [4.78, 5) is 14.2. The van der Waals surface area contributed by atoms with Gasteiger partial charge in [-0.2, -0.15) is 0 Å². The smallest absolute Gasteiger partial charge is 0.223 e. The minimum absolute atomic E-state index is 0.211. The standard InChI is InChI=1S/C16H26N2O4/c1-22-9-8-18-13(12-19)10-15(20)16(21)14(18)11-17-6-4-2-3-5-7-17/h10,19,21H,2-9,11-12H2,1H3. The number of aliphatic hydroxyl groups excluding tert-OH is 1. The number of rotatable bonds is 6. The molecule has 0 atom stereocenters. The summed E-state index contributed by atoms with van der Waals surface area (Å²) in [5, 5.41) is 19.7. The van der Waals surface area contributed by atoms with Crippen LogP contribution in [-0.2, 0) is 24.4 Å². The van der Waals surface area contributed by atoms with Crippen molar-refractivity contribution in [3.63, 3.8) is 0 Å². The lowest BCUT2D eigenvalue weighted by Crippen LogP contribution is -2.29. The van der Waals surface area contributed by atoms with Crippen molar-refractivity contribution in [2.24, 2.45) is 0 Å². The lowest BCUT2D eigenvalue weighted by Gasteiger charge is -2.24. The van der Waals surface area contributed by atoms with E-state index in [1.165, 1.54) is 18.9 Å². The van der Waals surface area contributed by atoms with E-state index in [0.29, 0.717) is 31.1 Å². The molecule has 1 aromatic rings. The van der Waals surface area contributed by atoms with Crippen LogP contribution in [0.2, 0.25) is 0 Å². The van der Waals surface area contributed by atoms with Crippen LogP contribution in [0.4, 0.5) is 0 Å². The van der Waals surface area contributed by atoms with Crippen LogP contribution >= 0.6 is 0 Å². The molecule has 0 radical (unpaired) electrons. The third kappa shape index (κ3) is 4.09. The molecule has 6 heteroatoms. The van der Waals surface area contributed by atoms with Crippen molar-refractivity contribution >= 4 is 0 Å². The third-order valence-electron chi connectivity index (χ3n) is 4.23. The Labute approximate surface area is 130 Å². The number of pyridine rings is 1. The van der Waals surface area contributed by atoms with Crippen molar-refractivity contribution in [3.05, 3.63) is 27.7 Å². The van der Waals surface area contributed by atoms with Gasteiger partial charge in [0.25, 0.3) is 0 Å². The summed E-state index contributed by atoms with van der Waals surface area (Å²) in [6, 6.07) is 1.30. The van der Waals surface area contributed by atoms with Gasteiger partial charge in [-0.15, -0.1) is 0 Å². The van der Waals surface area contributed by atoms with Crippen LogP contribution < -0.4 is 5.43 Å². The molecule has 2 rings (SSSR count). The maximum Gasteiger partial charge on any atom is 0.223 e. The Morgan fingerprint density at radius 1 is 1.23 bits per heavy atom. The highest BCUT2D eigenvalue weighted by molar-refractivity contribution is 5.30. The van der Waals surface area contributed by atoms with Gasteiger partial charge in [-0.25, -0.2) is 0 Å². The molecule has 0 amide bonds. The Balaban J connectivity index is 2.33. The van der Waals surface area contributed by atoms with Crippen LogP contribution in [0.5, 0.6) is 5.75 Å². The minimum Gasteiger partial charge on any atom is -0.503 e. The van der Waals surface area contributed by atoms with Gasteiger partial charge in [-0.05, 0) is 25.9 Å². The van der Waals surface area contributed by atoms with Gasteiger partial charge in [0, 0.05) is 32.0 Å². The zero-order chi connectivity index (χ0) is 15.9. The summed E-state index contributed by atoms with van der Waals surface area (Å²) in [6.45, 7) is 3.21. The molecule has 2 N–H and O–H groups in total. The Morgan fingerprint density at radius 2 is 1.91 bits per heavy atom. The molecule has 0 aliphatic carbocycles. The Bertz CT molecular complexity index is 534. The quantitative estimate of drug-likeness (QED) is 0.822. The SMILES string of the molecule is COCCn1c(CO)cc(=O)c(O)c1CN1CCCCCC1. The van der Waals surface area contributed by atoms with Crippen LogP contribution in [-0.4, -0.2) is 46.5 Å². The lowest BCUT2D eigenvalue weighted by atomic mass is 10.2. The monoisotopic (exact) mass is 310 g/mol. The first-order valence-electron chi connectivity index (χ1n) is 7.94. The number of aromatic nitrogens is 1. The van der Waals surface area contributed by atoms with E-state index < -0.39 is 5.43 Å². The van der Waals surface area contributed by atoms with Gasteiger partial charge in [-0.1, -0.05) is 12.8 Å². The molecule has 1 saturated heterocycles. The zero-order valence-electron chi connectivity index (χ0n) is 13.3. The van der Waals surface area contributed by atoms with Crippen molar-refractivity contribution in [2.45, 2.75) is 45.4 Å². The van der Waals surface area contributed by atoms with Gasteiger partial charge < -0.3 is 19.5 Å². The van der Waals surface area contributed by atoms with E-state index in [1.54, 1.807) is 7.11 Å². The molecule has 22 heavy (non-hydrogen) atoms. The van der Waals surface area contributed by atoms with Crippen LogP contribution in [0.15, 0.2) is 10.9 Å². The second-order valence-corrected chi connectivity index (χ2v) is 5.79. The fraction of sp³-hybridized carbons (Fsp3) is 0.688. The van der Waals surface area contributed by atoms with E-state index in [-0.39, 0.29) is 12.4 Å². The molecule has 2 heterocycles. The molecular weight excluding hydrogens is 284 g/mol. The van der Waals surface area contributed by atoms with Crippen molar-refractivity contribution < 1.29 is 14.9 Å². The number of hydrogen-bond acceptors (Lipinski definition) is 5. The predicted octanol–water partition coefficient (Wildman–Crippen LogP) is 1.07. The van der Waals surface area contributed by atoms with Crippen molar-refractivity contribution in [2.75, 3.05) is 26.8 Å². The summed E-state index contributed by atoms with van der Waals surface area (Å²) in [5.74, 6) is -0.211. The molecule has 0 spiro atoms. The van der Waals surface area contributed by atoms with Crippen LogP contribution in [0, 0.1) is 0 Å². The van der Waals surface area contributed by atoms with E-state index in [2.05, 4.69) is 4.90 Å². The van der Waals surface area contributed by atoms with Gasteiger partial charge in [0.15, 0.2) is 5.75 Å². The Hall–Kier alpha value is -1.37. The third-order valence-corrected chi connectivity index (χ3v) is 4.23. The summed E-state index contributed by atoms with van der Waals surface area (Å²) in [5.41, 5.74) is 0.669. The summed E-state index contributed by atoms with van der Waals surface area (Å²) in [6.07, 6.45) is 4.75. The molecule has 124 valence electrons.